The van der Waals surface area contributed by atoms with Gasteiger partial charge < -0.3 is 19.7 Å². The number of carbonyl (C=O) groups is 2. The van der Waals surface area contributed by atoms with Crippen molar-refractivity contribution < 1.29 is 23.5 Å². The molecule has 1 heterocycles. The number of hydrogen-bond donors (Lipinski definition) is 1. The van der Waals surface area contributed by atoms with Gasteiger partial charge in [0, 0.05) is 30.8 Å². The van der Waals surface area contributed by atoms with Crippen molar-refractivity contribution in [2.45, 2.75) is 19.3 Å². The minimum Gasteiger partial charge on any atom is -0.493 e. The standard InChI is InChI=1S/C23H25FN2O4/c1-29-20-14-17(23(28)26-12-6-3-7-13-26)19(15-21(20)30-2)25-22(27)11-10-16-8-4-5-9-18(16)24/h4-5,8-11,14-15H,3,6-7,12-13H2,1-2H3,(H,25,27)/b11-10+. The molecule has 0 bridgehead atoms. The van der Waals surface area contributed by atoms with E-state index in [1.165, 1.54) is 32.4 Å². The first-order chi connectivity index (χ1) is 14.5. The highest BCUT2D eigenvalue weighted by molar-refractivity contribution is 6.08. The number of piperidine rings is 1. The molecule has 2 amide bonds. The molecule has 1 aliphatic heterocycles. The Balaban J connectivity index is 1.88. The van der Waals surface area contributed by atoms with Crippen molar-refractivity contribution in [1.29, 1.82) is 0 Å². The highest BCUT2D eigenvalue weighted by atomic mass is 19.1. The van der Waals surface area contributed by atoms with Crippen LogP contribution in [0, 0.1) is 5.82 Å². The molecule has 1 aliphatic rings. The van der Waals surface area contributed by atoms with Crippen molar-refractivity contribution >= 4 is 23.6 Å². The smallest absolute Gasteiger partial charge is 0.256 e. The van der Waals surface area contributed by atoms with Gasteiger partial charge in [0.25, 0.3) is 5.91 Å². The van der Waals surface area contributed by atoms with Crippen molar-refractivity contribution in [2.75, 3.05) is 32.6 Å². The van der Waals surface area contributed by atoms with Crippen molar-refractivity contribution in [3.05, 3.63) is 59.4 Å². The average molecular weight is 412 g/mol. The van der Waals surface area contributed by atoms with Crippen LogP contribution in [-0.2, 0) is 4.79 Å². The maximum atomic E-state index is 13.8. The lowest BCUT2D eigenvalue weighted by Gasteiger charge is -2.28. The van der Waals surface area contributed by atoms with Gasteiger partial charge in [0.05, 0.1) is 25.5 Å². The lowest BCUT2D eigenvalue weighted by atomic mass is 10.1. The van der Waals surface area contributed by atoms with E-state index in [1.807, 2.05) is 0 Å². The molecule has 3 rings (SSSR count). The van der Waals surface area contributed by atoms with Crippen LogP contribution in [0.25, 0.3) is 6.08 Å². The molecule has 0 spiro atoms. The average Bonchev–Trinajstić information content (AvgIpc) is 2.78. The minimum atomic E-state index is -0.488. The Labute approximate surface area is 175 Å². The molecular formula is C23H25FN2O4. The zero-order valence-corrected chi connectivity index (χ0v) is 17.1. The van der Waals surface area contributed by atoms with Gasteiger partial charge in [-0.3, -0.25) is 9.59 Å². The quantitative estimate of drug-likeness (QED) is 0.725. The Morgan fingerprint density at radius 2 is 1.70 bits per heavy atom. The van der Waals surface area contributed by atoms with Gasteiger partial charge in [-0.25, -0.2) is 4.39 Å². The van der Waals surface area contributed by atoms with Gasteiger partial charge >= 0.3 is 0 Å². The van der Waals surface area contributed by atoms with Gasteiger partial charge in [-0.15, -0.1) is 0 Å². The predicted octanol–water partition coefficient (Wildman–Crippen LogP) is 4.12. The van der Waals surface area contributed by atoms with E-state index in [0.717, 1.165) is 19.3 Å². The Kier molecular flexibility index (Phi) is 7.06. The van der Waals surface area contributed by atoms with Crippen LogP contribution in [0.1, 0.15) is 35.2 Å². The lowest BCUT2D eigenvalue weighted by molar-refractivity contribution is -0.111. The molecule has 0 saturated carbocycles. The van der Waals surface area contributed by atoms with Crippen LogP contribution in [0.2, 0.25) is 0 Å². The number of halogens is 1. The molecule has 0 atom stereocenters. The number of nitrogens with one attached hydrogen (secondary N) is 1. The van der Waals surface area contributed by atoms with E-state index in [-0.39, 0.29) is 5.91 Å². The first kappa shape index (κ1) is 21.4. The van der Waals surface area contributed by atoms with Gasteiger partial charge in [-0.2, -0.15) is 0 Å². The number of carbonyl (C=O) groups excluding carboxylic acids is 2. The maximum absolute atomic E-state index is 13.8. The number of rotatable bonds is 6. The first-order valence-corrected chi connectivity index (χ1v) is 9.82. The summed E-state index contributed by atoms with van der Waals surface area (Å²) < 4.78 is 24.4. The number of anilines is 1. The second-order valence-corrected chi connectivity index (χ2v) is 6.95. The maximum Gasteiger partial charge on any atom is 0.256 e. The fraction of sp³-hybridized carbons (Fsp3) is 0.304. The third-order valence-corrected chi connectivity index (χ3v) is 4.97. The summed E-state index contributed by atoms with van der Waals surface area (Å²) in [7, 11) is 2.97. The van der Waals surface area contributed by atoms with Crippen molar-refractivity contribution in [2.24, 2.45) is 0 Å². The summed E-state index contributed by atoms with van der Waals surface area (Å²) in [5.74, 6) is -0.297. The second kappa shape index (κ2) is 9.91. The fourth-order valence-corrected chi connectivity index (χ4v) is 3.38. The van der Waals surface area contributed by atoms with E-state index in [1.54, 1.807) is 35.2 Å². The van der Waals surface area contributed by atoms with Crippen LogP contribution in [-0.4, -0.2) is 44.0 Å². The molecule has 7 heteroatoms. The van der Waals surface area contributed by atoms with E-state index in [9.17, 15) is 14.0 Å². The summed E-state index contributed by atoms with van der Waals surface area (Å²) >= 11 is 0. The van der Waals surface area contributed by atoms with Crippen molar-refractivity contribution in [3.8, 4) is 11.5 Å². The van der Waals surface area contributed by atoms with Gasteiger partial charge in [0.2, 0.25) is 5.91 Å². The summed E-state index contributed by atoms with van der Waals surface area (Å²) in [4.78, 5) is 27.4. The van der Waals surface area contributed by atoms with E-state index < -0.39 is 11.7 Å². The molecule has 2 aromatic carbocycles. The van der Waals surface area contributed by atoms with Crippen LogP contribution in [0.5, 0.6) is 11.5 Å². The highest BCUT2D eigenvalue weighted by Crippen LogP contribution is 2.34. The number of benzene rings is 2. The zero-order valence-electron chi connectivity index (χ0n) is 17.1. The van der Waals surface area contributed by atoms with Crippen molar-refractivity contribution in [1.82, 2.24) is 4.90 Å². The van der Waals surface area contributed by atoms with Gasteiger partial charge in [-0.1, -0.05) is 18.2 Å². The van der Waals surface area contributed by atoms with Gasteiger partial charge in [0.1, 0.15) is 5.82 Å². The van der Waals surface area contributed by atoms with Crippen LogP contribution < -0.4 is 14.8 Å². The molecule has 1 N–H and O–H groups in total. The summed E-state index contributed by atoms with van der Waals surface area (Å²) in [5, 5.41) is 2.72. The molecule has 158 valence electrons. The molecule has 0 radical (unpaired) electrons. The SMILES string of the molecule is COc1cc(NC(=O)/C=C/c2ccccc2F)c(C(=O)N2CCCCC2)cc1OC. The fourth-order valence-electron chi connectivity index (χ4n) is 3.38. The molecular weight excluding hydrogens is 387 g/mol. The first-order valence-electron chi connectivity index (χ1n) is 9.82. The summed E-state index contributed by atoms with van der Waals surface area (Å²) in [6, 6.07) is 9.29. The summed E-state index contributed by atoms with van der Waals surface area (Å²) in [6.07, 6.45) is 5.61. The number of amides is 2. The number of methoxy groups -OCH3 is 2. The number of likely N-dealkylation sites (tertiary alicyclic amines) is 1. The minimum absolute atomic E-state index is 0.177. The molecule has 1 saturated heterocycles. The van der Waals surface area contributed by atoms with Crippen LogP contribution >= 0.6 is 0 Å². The Bertz CT molecular complexity index is 952. The largest absolute Gasteiger partial charge is 0.493 e. The monoisotopic (exact) mass is 412 g/mol. The molecule has 2 aromatic rings. The van der Waals surface area contributed by atoms with E-state index >= 15 is 0 Å². The third kappa shape index (κ3) is 4.97. The van der Waals surface area contributed by atoms with Gasteiger partial charge in [-0.05, 0) is 37.5 Å². The van der Waals surface area contributed by atoms with Crippen LogP contribution in [0.15, 0.2) is 42.5 Å². The molecule has 1 fully saturated rings. The lowest BCUT2D eigenvalue weighted by Crippen LogP contribution is -2.36. The van der Waals surface area contributed by atoms with E-state index in [4.69, 9.17) is 9.47 Å². The zero-order chi connectivity index (χ0) is 21.5. The third-order valence-electron chi connectivity index (χ3n) is 4.97. The molecule has 0 aromatic heterocycles. The predicted molar refractivity (Wildman–Crippen MR) is 113 cm³/mol. The normalized spacial score (nSPS) is 13.9. The molecule has 30 heavy (non-hydrogen) atoms. The van der Waals surface area contributed by atoms with Gasteiger partial charge in [0.15, 0.2) is 11.5 Å². The number of nitrogens with zero attached hydrogens (tertiary/aromatic N) is 1. The van der Waals surface area contributed by atoms with E-state index in [0.29, 0.717) is 41.4 Å². The topological polar surface area (TPSA) is 67.9 Å². The van der Waals surface area contributed by atoms with E-state index in [2.05, 4.69) is 5.32 Å². The molecule has 0 aliphatic carbocycles. The Hall–Kier alpha value is -3.35. The van der Waals surface area contributed by atoms with Crippen LogP contribution in [0.3, 0.4) is 0 Å². The number of ether oxygens (including phenoxy) is 2. The molecule has 6 nitrogen and oxygen atoms in total. The number of hydrogen-bond acceptors (Lipinski definition) is 4. The summed E-state index contributed by atoms with van der Waals surface area (Å²) in [6.45, 7) is 1.35. The Morgan fingerprint density at radius 3 is 2.37 bits per heavy atom. The highest BCUT2D eigenvalue weighted by Gasteiger charge is 2.24. The van der Waals surface area contributed by atoms with Crippen LogP contribution in [0.4, 0.5) is 10.1 Å². The van der Waals surface area contributed by atoms with Crippen molar-refractivity contribution in [3.63, 3.8) is 0 Å². The Morgan fingerprint density at radius 1 is 1.03 bits per heavy atom. The second-order valence-electron chi connectivity index (χ2n) is 6.95. The summed E-state index contributed by atoms with van der Waals surface area (Å²) in [5.41, 5.74) is 0.929. The molecule has 0 unspecified atom stereocenters.